The number of hydrogen-bond acceptors (Lipinski definition) is 2. The van der Waals surface area contributed by atoms with Crippen LogP contribution in [-0.2, 0) is 4.79 Å². The summed E-state index contributed by atoms with van der Waals surface area (Å²) in [5.74, 6) is -0.383. The Morgan fingerprint density at radius 2 is 2.18 bits per heavy atom. The zero-order valence-corrected chi connectivity index (χ0v) is 7.14. The monoisotopic (exact) mass is 179 g/mol. The van der Waals surface area contributed by atoms with Crippen molar-refractivity contribution in [2.45, 2.75) is 19.3 Å². The molecular formula is C7H14ClNO2. The molecule has 1 fully saturated rings. The zero-order chi connectivity index (χ0) is 7.56. The normalized spacial score (nSPS) is 18.6. The number of halogens is 1. The number of carbonyl (C=O) groups is 1. The second-order valence-electron chi connectivity index (χ2n) is 2.95. The van der Waals surface area contributed by atoms with Crippen molar-refractivity contribution in [3.63, 3.8) is 0 Å². The fourth-order valence-corrected chi connectivity index (χ4v) is 1.05. The van der Waals surface area contributed by atoms with E-state index >= 15 is 0 Å². The molecular weight excluding hydrogens is 166 g/mol. The minimum absolute atomic E-state index is 0. The van der Waals surface area contributed by atoms with Crippen LogP contribution in [0.5, 0.6) is 0 Å². The molecule has 3 nitrogen and oxygen atoms in total. The topological polar surface area (TPSA) is 63.3 Å². The molecule has 0 aromatic carbocycles. The highest BCUT2D eigenvalue weighted by Gasteiger charge is 2.27. The van der Waals surface area contributed by atoms with E-state index in [9.17, 15) is 4.79 Å². The van der Waals surface area contributed by atoms with Crippen LogP contribution in [-0.4, -0.2) is 17.6 Å². The standard InChI is InChI=1S/C7H13NO2.ClH/c8-4-6(7(9)10)3-5-1-2-5;/h5-6H,1-4,8H2,(H,9,10);1H. The van der Waals surface area contributed by atoms with Gasteiger partial charge in [0.05, 0.1) is 5.92 Å². The summed E-state index contributed by atoms with van der Waals surface area (Å²) in [6.45, 7) is 0.284. The van der Waals surface area contributed by atoms with Gasteiger partial charge in [-0.05, 0) is 12.3 Å². The summed E-state index contributed by atoms with van der Waals surface area (Å²) in [6, 6.07) is 0. The van der Waals surface area contributed by atoms with Gasteiger partial charge >= 0.3 is 5.97 Å². The summed E-state index contributed by atoms with van der Waals surface area (Å²) in [6.07, 6.45) is 3.18. The van der Waals surface area contributed by atoms with Gasteiger partial charge in [0.25, 0.3) is 0 Å². The van der Waals surface area contributed by atoms with E-state index < -0.39 is 5.97 Å². The van der Waals surface area contributed by atoms with Crippen LogP contribution in [0, 0.1) is 11.8 Å². The van der Waals surface area contributed by atoms with Gasteiger partial charge in [-0.3, -0.25) is 4.79 Å². The van der Waals surface area contributed by atoms with Gasteiger partial charge in [0.2, 0.25) is 0 Å². The van der Waals surface area contributed by atoms with E-state index in [0.29, 0.717) is 5.92 Å². The summed E-state index contributed by atoms with van der Waals surface area (Å²) in [5, 5.41) is 8.57. The van der Waals surface area contributed by atoms with Crippen molar-refractivity contribution < 1.29 is 9.90 Å². The fraction of sp³-hybridized carbons (Fsp3) is 0.857. The van der Waals surface area contributed by atoms with Crippen molar-refractivity contribution in [2.75, 3.05) is 6.54 Å². The molecule has 11 heavy (non-hydrogen) atoms. The molecule has 3 N–H and O–H groups in total. The maximum Gasteiger partial charge on any atom is 0.307 e. The zero-order valence-electron chi connectivity index (χ0n) is 6.32. The first-order valence-electron chi connectivity index (χ1n) is 3.67. The molecule has 0 aromatic rings. The summed E-state index contributed by atoms with van der Waals surface area (Å²) >= 11 is 0. The largest absolute Gasteiger partial charge is 0.481 e. The second-order valence-corrected chi connectivity index (χ2v) is 2.95. The Morgan fingerprint density at radius 3 is 2.45 bits per heavy atom. The number of hydrogen-bond donors (Lipinski definition) is 2. The molecule has 0 amide bonds. The SMILES string of the molecule is Cl.NCC(CC1CC1)C(=O)O. The fourth-order valence-electron chi connectivity index (χ4n) is 1.05. The van der Waals surface area contributed by atoms with Crippen molar-refractivity contribution in [3.05, 3.63) is 0 Å². The van der Waals surface area contributed by atoms with Gasteiger partial charge in [0, 0.05) is 6.54 Å². The molecule has 0 aliphatic heterocycles. The molecule has 1 saturated carbocycles. The Bertz CT molecular complexity index is 136. The maximum absolute atomic E-state index is 10.4. The molecule has 0 saturated heterocycles. The van der Waals surface area contributed by atoms with Gasteiger partial charge in [-0.25, -0.2) is 0 Å². The molecule has 0 radical (unpaired) electrons. The summed E-state index contributed by atoms with van der Waals surface area (Å²) < 4.78 is 0. The van der Waals surface area contributed by atoms with E-state index in [2.05, 4.69) is 0 Å². The first kappa shape index (κ1) is 10.7. The van der Waals surface area contributed by atoms with Gasteiger partial charge in [0.1, 0.15) is 0 Å². The van der Waals surface area contributed by atoms with E-state index in [1.54, 1.807) is 0 Å². The number of nitrogens with two attached hydrogens (primary N) is 1. The predicted molar refractivity (Wildman–Crippen MR) is 44.8 cm³/mol. The lowest BCUT2D eigenvalue weighted by molar-refractivity contribution is -0.141. The smallest absolute Gasteiger partial charge is 0.307 e. The molecule has 1 aliphatic carbocycles. The molecule has 0 bridgehead atoms. The molecule has 0 spiro atoms. The molecule has 4 heteroatoms. The number of carboxylic acids is 1. The van der Waals surface area contributed by atoms with Crippen LogP contribution < -0.4 is 5.73 Å². The van der Waals surface area contributed by atoms with Crippen molar-refractivity contribution in [3.8, 4) is 0 Å². The average molecular weight is 180 g/mol. The molecule has 1 unspecified atom stereocenters. The molecule has 0 aromatic heterocycles. The van der Waals surface area contributed by atoms with Crippen LogP contribution in [0.1, 0.15) is 19.3 Å². The third-order valence-electron chi connectivity index (χ3n) is 1.95. The predicted octanol–water partition coefficient (Wildman–Crippen LogP) is 0.868. The Morgan fingerprint density at radius 1 is 1.64 bits per heavy atom. The van der Waals surface area contributed by atoms with E-state index in [4.69, 9.17) is 10.8 Å². The molecule has 1 rings (SSSR count). The Labute approximate surface area is 72.4 Å². The Hall–Kier alpha value is -0.280. The summed E-state index contributed by atoms with van der Waals surface area (Å²) in [7, 11) is 0. The first-order valence-corrected chi connectivity index (χ1v) is 3.67. The van der Waals surface area contributed by atoms with Crippen LogP contribution in [0.2, 0.25) is 0 Å². The second kappa shape index (κ2) is 4.57. The van der Waals surface area contributed by atoms with Crippen LogP contribution in [0.3, 0.4) is 0 Å². The maximum atomic E-state index is 10.4. The van der Waals surface area contributed by atoms with Crippen LogP contribution in [0.15, 0.2) is 0 Å². The van der Waals surface area contributed by atoms with Crippen molar-refractivity contribution in [2.24, 2.45) is 17.6 Å². The Kier molecular flexibility index (Phi) is 4.45. The average Bonchev–Trinajstić information content (AvgIpc) is 2.64. The highest BCUT2D eigenvalue weighted by molar-refractivity contribution is 5.85. The molecule has 0 heterocycles. The number of carboxylic acid groups (broad SMARTS) is 1. The molecule has 1 atom stereocenters. The third-order valence-corrected chi connectivity index (χ3v) is 1.95. The highest BCUT2D eigenvalue weighted by atomic mass is 35.5. The quantitative estimate of drug-likeness (QED) is 0.673. The number of aliphatic carboxylic acids is 1. The lowest BCUT2D eigenvalue weighted by atomic mass is 10.0. The summed E-state index contributed by atoms with van der Waals surface area (Å²) in [4.78, 5) is 10.4. The van der Waals surface area contributed by atoms with E-state index in [1.165, 1.54) is 12.8 Å². The Balaban J connectivity index is 0.000001000. The van der Waals surface area contributed by atoms with Crippen molar-refractivity contribution in [1.29, 1.82) is 0 Å². The minimum atomic E-state index is -0.741. The first-order chi connectivity index (χ1) is 4.74. The van der Waals surface area contributed by atoms with E-state index in [-0.39, 0.29) is 24.9 Å². The van der Waals surface area contributed by atoms with Crippen molar-refractivity contribution >= 4 is 18.4 Å². The summed E-state index contributed by atoms with van der Waals surface area (Å²) in [5.41, 5.74) is 5.27. The minimum Gasteiger partial charge on any atom is -0.481 e. The van der Waals surface area contributed by atoms with Crippen LogP contribution in [0.25, 0.3) is 0 Å². The van der Waals surface area contributed by atoms with Crippen LogP contribution >= 0.6 is 12.4 Å². The third kappa shape index (κ3) is 3.58. The van der Waals surface area contributed by atoms with Crippen molar-refractivity contribution in [1.82, 2.24) is 0 Å². The van der Waals surface area contributed by atoms with Gasteiger partial charge in [0.15, 0.2) is 0 Å². The number of rotatable bonds is 4. The lowest BCUT2D eigenvalue weighted by Crippen LogP contribution is -2.23. The van der Waals surface area contributed by atoms with Gasteiger partial charge in [-0.15, -0.1) is 12.4 Å². The van der Waals surface area contributed by atoms with E-state index in [1.807, 2.05) is 0 Å². The van der Waals surface area contributed by atoms with Gasteiger partial charge in [-0.1, -0.05) is 12.8 Å². The van der Waals surface area contributed by atoms with Gasteiger partial charge < -0.3 is 10.8 Å². The van der Waals surface area contributed by atoms with Gasteiger partial charge in [-0.2, -0.15) is 0 Å². The van der Waals surface area contributed by atoms with Crippen LogP contribution in [0.4, 0.5) is 0 Å². The molecule has 1 aliphatic rings. The lowest BCUT2D eigenvalue weighted by Gasteiger charge is -2.06. The molecule has 66 valence electrons. The highest BCUT2D eigenvalue weighted by Crippen LogP contribution is 2.35. The van der Waals surface area contributed by atoms with E-state index in [0.717, 1.165) is 6.42 Å².